The second kappa shape index (κ2) is 6.79. The van der Waals surface area contributed by atoms with E-state index in [1.165, 1.54) is 0 Å². The van der Waals surface area contributed by atoms with Gasteiger partial charge in [-0.25, -0.2) is 0 Å². The van der Waals surface area contributed by atoms with Crippen molar-refractivity contribution in [3.63, 3.8) is 0 Å². The predicted molar refractivity (Wildman–Crippen MR) is 53.3 cm³/mol. The average Bonchev–Trinajstić information content (AvgIpc) is 2.63. The first-order valence-corrected chi connectivity index (χ1v) is 5.29. The summed E-state index contributed by atoms with van der Waals surface area (Å²) in [5.41, 5.74) is 0. The Balaban J connectivity index is 1.82. The summed E-state index contributed by atoms with van der Waals surface area (Å²) in [7, 11) is 0. The molecular formula is C10H19NO3. The maximum Gasteiger partial charge on any atom is 0.303 e. The number of unbranched alkanes of at least 4 members (excludes halogenated alkanes) is 1. The van der Waals surface area contributed by atoms with Gasteiger partial charge in [0.05, 0.1) is 6.61 Å². The summed E-state index contributed by atoms with van der Waals surface area (Å²) in [6.07, 6.45) is 3.15. The molecule has 4 heteroatoms. The minimum absolute atomic E-state index is 0.286. The number of hydrogen-bond acceptors (Lipinski definition) is 3. The Morgan fingerprint density at radius 3 is 3.00 bits per heavy atom. The molecule has 4 nitrogen and oxygen atoms in total. The maximum atomic E-state index is 10.2. The van der Waals surface area contributed by atoms with E-state index in [9.17, 15) is 4.79 Å². The second-order valence-corrected chi connectivity index (χ2v) is 3.78. The van der Waals surface area contributed by atoms with Crippen LogP contribution in [0.5, 0.6) is 0 Å². The van der Waals surface area contributed by atoms with Gasteiger partial charge < -0.3 is 15.2 Å². The highest BCUT2D eigenvalue weighted by Gasteiger charge is 2.14. The molecule has 0 amide bonds. The highest BCUT2D eigenvalue weighted by Crippen LogP contribution is 2.10. The van der Waals surface area contributed by atoms with Crippen LogP contribution >= 0.6 is 0 Å². The summed E-state index contributed by atoms with van der Waals surface area (Å²) >= 11 is 0. The highest BCUT2D eigenvalue weighted by atomic mass is 16.5. The van der Waals surface area contributed by atoms with E-state index in [0.717, 1.165) is 45.6 Å². The molecule has 0 bridgehead atoms. The fourth-order valence-electron chi connectivity index (χ4n) is 1.58. The fourth-order valence-corrected chi connectivity index (χ4v) is 1.58. The number of carboxylic acids is 1. The molecule has 0 aromatic heterocycles. The van der Waals surface area contributed by atoms with E-state index in [1.54, 1.807) is 0 Å². The third-order valence-corrected chi connectivity index (χ3v) is 2.45. The lowest BCUT2D eigenvalue weighted by molar-refractivity contribution is -0.137. The lowest BCUT2D eigenvalue weighted by Crippen LogP contribution is -2.24. The highest BCUT2D eigenvalue weighted by molar-refractivity contribution is 5.66. The van der Waals surface area contributed by atoms with E-state index < -0.39 is 5.97 Å². The van der Waals surface area contributed by atoms with Gasteiger partial charge in [0, 0.05) is 19.6 Å². The number of ether oxygens (including phenoxy) is 1. The van der Waals surface area contributed by atoms with Crippen molar-refractivity contribution in [3.05, 3.63) is 0 Å². The van der Waals surface area contributed by atoms with Gasteiger partial charge in [-0.05, 0) is 31.7 Å². The first kappa shape index (κ1) is 11.5. The van der Waals surface area contributed by atoms with Crippen molar-refractivity contribution in [3.8, 4) is 0 Å². The van der Waals surface area contributed by atoms with E-state index in [1.807, 2.05) is 0 Å². The predicted octanol–water partition coefficient (Wildman–Crippen LogP) is 0.867. The quantitative estimate of drug-likeness (QED) is 0.600. The SMILES string of the molecule is O=C(O)CCCCNCC1CCOC1. The van der Waals surface area contributed by atoms with Crippen LogP contribution in [0.15, 0.2) is 0 Å². The van der Waals surface area contributed by atoms with Crippen molar-refractivity contribution in [1.82, 2.24) is 5.32 Å². The lowest BCUT2D eigenvalue weighted by Gasteiger charge is -2.08. The lowest BCUT2D eigenvalue weighted by atomic mass is 10.1. The maximum absolute atomic E-state index is 10.2. The van der Waals surface area contributed by atoms with Crippen LogP contribution in [0.1, 0.15) is 25.7 Å². The van der Waals surface area contributed by atoms with Gasteiger partial charge in [-0.3, -0.25) is 4.79 Å². The molecule has 82 valence electrons. The third kappa shape index (κ3) is 5.19. The molecule has 1 aliphatic rings. The van der Waals surface area contributed by atoms with Gasteiger partial charge in [-0.1, -0.05) is 0 Å². The largest absolute Gasteiger partial charge is 0.481 e. The molecule has 0 aromatic carbocycles. The number of rotatable bonds is 7. The van der Waals surface area contributed by atoms with Crippen LogP contribution in [0.3, 0.4) is 0 Å². The molecule has 0 saturated carbocycles. The minimum Gasteiger partial charge on any atom is -0.481 e. The van der Waals surface area contributed by atoms with Crippen molar-refractivity contribution < 1.29 is 14.6 Å². The number of carbonyl (C=O) groups is 1. The van der Waals surface area contributed by atoms with Gasteiger partial charge in [-0.2, -0.15) is 0 Å². The monoisotopic (exact) mass is 201 g/mol. The second-order valence-electron chi connectivity index (χ2n) is 3.78. The van der Waals surface area contributed by atoms with E-state index in [0.29, 0.717) is 5.92 Å². The van der Waals surface area contributed by atoms with Crippen LogP contribution in [-0.4, -0.2) is 37.4 Å². The summed E-state index contributed by atoms with van der Waals surface area (Å²) in [6.45, 7) is 3.70. The van der Waals surface area contributed by atoms with Gasteiger partial charge in [0.1, 0.15) is 0 Å². The summed E-state index contributed by atoms with van der Waals surface area (Å²) in [5, 5.41) is 11.7. The molecule has 0 aliphatic carbocycles. The molecule has 14 heavy (non-hydrogen) atoms. The smallest absolute Gasteiger partial charge is 0.303 e. The first-order chi connectivity index (χ1) is 6.79. The summed E-state index contributed by atoms with van der Waals surface area (Å²) in [5.74, 6) is -0.0383. The Morgan fingerprint density at radius 2 is 2.36 bits per heavy atom. The number of nitrogens with one attached hydrogen (secondary N) is 1. The number of hydrogen-bond donors (Lipinski definition) is 2. The zero-order chi connectivity index (χ0) is 10.2. The van der Waals surface area contributed by atoms with Crippen LogP contribution in [-0.2, 0) is 9.53 Å². The first-order valence-electron chi connectivity index (χ1n) is 5.29. The van der Waals surface area contributed by atoms with Crippen molar-refractivity contribution in [2.24, 2.45) is 5.92 Å². The van der Waals surface area contributed by atoms with Crippen molar-refractivity contribution in [1.29, 1.82) is 0 Å². The van der Waals surface area contributed by atoms with Crippen molar-refractivity contribution >= 4 is 5.97 Å². The molecule has 1 fully saturated rings. The zero-order valence-electron chi connectivity index (χ0n) is 8.50. The third-order valence-electron chi connectivity index (χ3n) is 2.45. The Bertz CT molecular complexity index is 167. The van der Waals surface area contributed by atoms with Crippen LogP contribution in [0.4, 0.5) is 0 Å². The molecule has 1 aliphatic heterocycles. The summed E-state index contributed by atoms with van der Waals surface area (Å²) < 4.78 is 5.25. The molecular weight excluding hydrogens is 182 g/mol. The van der Waals surface area contributed by atoms with Gasteiger partial charge in [0.15, 0.2) is 0 Å². The molecule has 1 rings (SSSR count). The molecule has 1 atom stereocenters. The average molecular weight is 201 g/mol. The van der Waals surface area contributed by atoms with Gasteiger partial charge in [-0.15, -0.1) is 0 Å². The van der Waals surface area contributed by atoms with Crippen molar-refractivity contribution in [2.45, 2.75) is 25.7 Å². The molecule has 0 radical (unpaired) electrons. The molecule has 1 heterocycles. The number of carboxylic acid groups (broad SMARTS) is 1. The van der Waals surface area contributed by atoms with E-state index in [4.69, 9.17) is 9.84 Å². The van der Waals surface area contributed by atoms with Gasteiger partial charge in [0.25, 0.3) is 0 Å². The molecule has 1 unspecified atom stereocenters. The van der Waals surface area contributed by atoms with Crippen LogP contribution in [0.25, 0.3) is 0 Å². The van der Waals surface area contributed by atoms with Crippen LogP contribution in [0, 0.1) is 5.92 Å². The van der Waals surface area contributed by atoms with E-state index >= 15 is 0 Å². The van der Waals surface area contributed by atoms with Gasteiger partial charge in [0.2, 0.25) is 0 Å². The molecule has 0 aromatic rings. The van der Waals surface area contributed by atoms with E-state index in [-0.39, 0.29) is 6.42 Å². The zero-order valence-corrected chi connectivity index (χ0v) is 8.50. The van der Waals surface area contributed by atoms with Crippen LogP contribution < -0.4 is 5.32 Å². The van der Waals surface area contributed by atoms with Gasteiger partial charge >= 0.3 is 5.97 Å². The molecule has 2 N–H and O–H groups in total. The topological polar surface area (TPSA) is 58.6 Å². The summed E-state index contributed by atoms with van der Waals surface area (Å²) in [4.78, 5) is 10.2. The molecule has 1 saturated heterocycles. The Kier molecular flexibility index (Phi) is 5.56. The van der Waals surface area contributed by atoms with Crippen LogP contribution in [0.2, 0.25) is 0 Å². The Labute approximate surface area is 84.6 Å². The summed E-state index contributed by atoms with van der Waals surface area (Å²) in [6, 6.07) is 0. The Hall–Kier alpha value is -0.610. The standard InChI is InChI=1S/C10H19NO3/c12-10(13)3-1-2-5-11-7-9-4-6-14-8-9/h9,11H,1-8H2,(H,12,13). The minimum atomic E-state index is -0.700. The fraction of sp³-hybridized carbons (Fsp3) is 0.900. The Morgan fingerprint density at radius 1 is 1.50 bits per heavy atom. The van der Waals surface area contributed by atoms with Crippen molar-refractivity contribution in [2.75, 3.05) is 26.3 Å². The molecule has 0 spiro atoms. The number of aliphatic carboxylic acids is 1. The normalized spacial score (nSPS) is 21.3. The van der Waals surface area contributed by atoms with E-state index in [2.05, 4.69) is 5.32 Å².